The highest BCUT2D eigenvalue weighted by Gasteiger charge is 2.18. The molecule has 0 unspecified atom stereocenters. The zero-order valence-corrected chi connectivity index (χ0v) is 14.3. The number of hydrogen-bond donors (Lipinski definition) is 2. The van der Waals surface area contributed by atoms with Crippen molar-refractivity contribution in [2.75, 3.05) is 6.54 Å². The normalized spacial score (nSPS) is 10.5. The maximum absolute atomic E-state index is 12.4. The summed E-state index contributed by atoms with van der Waals surface area (Å²) in [5.74, 6) is 0.635. The van der Waals surface area contributed by atoms with Crippen LogP contribution in [0, 0.1) is 0 Å². The van der Waals surface area contributed by atoms with Gasteiger partial charge < -0.3 is 15.1 Å². The first kappa shape index (κ1) is 17.4. The van der Waals surface area contributed by atoms with Crippen molar-refractivity contribution in [3.8, 4) is 5.82 Å². The van der Waals surface area contributed by atoms with Gasteiger partial charge >= 0.3 is 0 Å². The molecule has 3 aromatic rings. The molecule has 0 saturated heterocycles. The molecule has 0 spiro atoms. The highest BCUT2D eigenvalue weighted by Crippen LogP contribution is 2.14. The maximum atomic E-state index is 12.4. The zero-order valence-electron chi connectivity index (χ0n) is 14.3. The van der Waals surface area contributed by atoms with Crippen LogP contribution in [0.1, 0.15) is 28.7 Å². The van der Waals surface area contributed by atoms with E-state index in [-0.39, 0.29) is 24.9 Å². The van der Waals surface area contributed by atoms with Crippen molar-refractivity contribution in [2.24, 2.45) is 0 Å². The highest BCUT2D eigenvalue weighted by molar-refractivity contribution is 5.97. The number of pyridine rings is 1. The standard InChI is InChI=1S/C18H19N5O3/c1-2-15-14(11-22-23(15)16-7-3-4-8-19-16)18(25)21-12-17(24)20-10-13-6-5-9-26-13/h3-9,11H,2,10,12H2,1H3,(H,20,24)(H,21,25). The smallest absolute Gasteiger partial charge is 0.255 e. The molecule has 3 heterocycles. The monoisotopic (exact) mass is 353 g/mol. The Morgan fingerprint density at radius 2 is 2.08 bits per heavy atom. The van der Waals surface area contributed by atoms with Gasteiger partial charge in [0.1, 0.15) is 5.76 Å². The molecular weight excluding hydrogens is 334 g/mol. The fraction of sp³-hybridized carbons (Fsp3) is 0.222. The van der Waals surface area contributed by atoms with Crippen LogP contribution in [0.5, 0.6) is 0 Å². The Morgan fingerprint density at radius 1 is 1.19 bits per heavy atom. The molecule has 3 aromatic heterocycles. The lowest BCUT2D eigenvalue weighted by Crippen LogP contribution is -2.36. The van der Waals surface area contributed by atoms with E-state index in [2.05, 4.69) is 20.7 Å². The van der Waals surface area contributed by atoms with Crippen LogP contribution >= 0.6 is 0 Å². The van der Waals surface area contributed by atoms with Crippen LogP contribution in [0.25, 0.3) is 5.82 Å². The number of nitrogens with one attached hydrogen (secondary N) is 2. The molecule has 2 amide bonds. The number of amides is 2. The third kappa shape index (κ3) is 3.97. The van der Waals surface area contributed by atoms with E-state index in [0.717, 1.165) is 5.69 Å². The molecular formula is C18H19N5O3. The Hall–Kier alpha value is -3.42. The van der Waals surface area contributed by atoms with Gasteiger partial charge in [-0.3, -0.25) is 9.59 Å². The summed E-state index contributed by atoms with van der Waals surface area (Å²) >= 11 is 0. The van der Waals surface area contributed by atoms with Gasteiger partial charge in [-0.25, -0.2) is 9.67 Å². The Labute approximate surface area is 150 Å². The fourth-order valence-corrected chi connectivity index (χ4v) is 2.50. The zero-order chi connectivity index (χ0) is 18.4. The molecule has 3 rings (SSSR count). The van der Waals surface area contributed by atoms with Gasteiger partial charge in [0.15, 0.2) is 5.82 Å². The van der Waals surface area contributed by atoms with Crippen molar-refractivity contribution < 1.29 is 14.0 Å². The summed E-state index contributed by atoms with van der Waals surface area (Å²) in [4.78, 5) is 28.5. The molecule has 26 heavy (non-hydrogen) atoms. The summed E-state index contributed by atoms with van der Waals surface area (Å²) in [6.07, 6.45) is 5.29. The van der Waals surface area contributed by atoms with Crippen molar-refractivity contribution in [3.05, 3.63) is 66.0 Å². The molecule has 0 aliphatic heterocycles. The Morgan fingerprint density at radius 3 is 2.77 bits per heavy atom. The highest BCUT2D eigenvalue weighted by atomic mass is 16.3. The van der Waals surface area contributed by atoms with Crippen LogP contribution in [0.15, 0.2) is 53.4 Å². The lowest BCUT2D eigenvalue weighted by Gasteiger charge is -2.08. The average Bonchev–Trinajstić information content (AvgIpc) is 3.34. The summed E-state index contributed by atoms with van der Waals surface area (Å²) in [6, 6.07) is 8.99. The Balaban J connectivity index is 1.61. The summed E-state index contributed by atoms with van der Waals surface area (Å²) in [7, 11) is 0. The van der Waals surface area contributed by atoms with E-state index in [9.17, 15) is 9.59 Å². The predicted molar refractivity (Wildman–Crippen MR) is 93.6 cm³/mol. The molecule has 134 valence electrons. The molecule has 0 saturated carbocycles. The minimum absolute atomic E-state index is 0.128. The van der Waals surface area contributed by atoms with Crippen LogP contribution in [0.3, 0.4) is 0 Å². The van der Waals surface area contributed by atoms with Gasteiger partial charge in [0.2, 0.25) is 5.91 Å². The van der Waals surface area contributed by atoms with E-state index in [1.165, 1.54) is 12.5 Å². The number of aromatic nitrogens is 3. The summed E-state index contributed by atoms with van der Waals surface area (Å²) in [6.45, 7) is 2.08. The lowest BCUT2D eigenvalue weighted by atomic mass is 10.2. The molecule has 0 bridgehead atoms. The third-order valence-corrected chi connectivity index (χ3v) is 3.76. The van der Waals surface area contributed by atoms with E-state index in [1.807, 2.05) is 25.1 Å². The van der Waals surface area contributed by atoms with Crippen molar-refractivity contribution in [1.29, 1.82) is 0 Å². The maximum Gasteiger partial charge on any atom is 0.255 e. The second-order valence-corrected chi connectivity index (χ2v) is 5.50. The Bertz CT molecular complexity index is 872. The first-order valence-electron chi connectivity index (χ1n) is 8.24. The predicted octanol–water partition coefficient (Wildman–Crippen LogP) is 1.47. The number of carbonyl (C=O) groups excluding carboxylic acids is 2. The van der Waals surface area contributed by atoms with Crippen LogP contribution in [-0.2, 0) is 17.8 Å². The molecule has 0 radical (unpaired) electrons. The fourth-order valence-electron chi connectivity index (χ4n) is 2.50. The second-order valence-electron chi connectivity index (χ2n) is 5.50. The largest absolute Gasteiger partial charge is 0.467 e. The van der Waals surface area contributed by atoms with Gasteiger partial charge in [-0.1, -0.05) is 13.0 Å². The number of nitrogens with zero attached hydrogens (tertiary/aromatic N) is 3. The summed E-state index contributed by atoms with van der Waals surface area (Å²) < 4.78 is 6.77. The van der Waals surface area contributed by atoms with Crippen LogP contribution in [-0.4, -0.2) is 33.1 Å². The summed E-state index contributed by atoms with van der Waals surface area (Å²) in [5.41, 5.74) is 1.16. The minimum atomic E-state index is -0.350. The molecule has 0 fully saturated rings. The van der Waals surface area contributed by atoms with Crippen molar-refractivity contribution in [2.45, 2.75) is 19.9 Å². The number of furan rings is 1. The first-order valence-corrected chi connectivity index (χ1v) is 8.24. The van der Waals surface area contributed by atoms with Gasteiger partial charge in [0, 0.05) is 6.20 Å². The third-order valence-electron chi connectivity index (χ3n) is 3.76. The van der Waals surface area contributed by atoms with Crippen molar-refractivity contribution in [3.63, 3.8) is 0 Å². The number of carbonyl (C=O) groups is 2. The molecule has 2 N–H and O–H groups in total. The summed E-state index contributed by atoms with van der Waals surface area (Å²) in [5, 5.41) is 9.54. The van der Waals surface area contributed by atoms with Gasteiger partial charge in [-0.05, 0) is 30.7 Å². The van der Waals surface area contributed by atoms with E-state index >= 15 is 0 Å². The molecule has 0 aromatic carbocycles. The van der Waals surface area contributed by atoms with Crippen LogP contribution in [0.4, 0.5) is 0 Å². The van der Waals surface area contributed by atoms with Crippen LogP contribution in [0.2, 0.25) is 0 Å². The van der Waals surface area contributed by atoms with Crippen molar-refractivity contribution in [1.82, 2.24) is 25.4 Å². The molecule has 8 nitrogen and oxygen atoms in total. The molecule has 0 atom stereocenters. The average molecular weight is 353 g/mol. The lowest BCUT2D eigenvalue weighted by molar-refractivity contribution is -0.120. The molecule has 8 heteroatoms. The van der Waals surface area contributed by atoms with Crippen LogP contribution < -0.4 is 10.6 Å². The van der Waals surface area contributed by atoms with E-state index in [4.69, 9.17) is 4.42 Å². The van der Waals surface area contributed by atoms with E-state index in [0.29, 0.717) is 23.6 Å². The Kier molecular flexibility index (Phi) is 5.43. The number of rotatable bonds is 7. The first-order chi connectivity index (χ1) is 12.7. The van der Waals surface area contributed by atoms with Gasteiger partial charge in [-0.2, -0.15) is 5.10 Å². The van der Waals surface area contributed by atoms with E-state index in [1.54, 1.807) is 23.0 Å². The molecule has 0 aliphatic rings. The van der Waals surface area contributed by atoms with Gasteiger partial charge in [-0.15, -0.1) is 0 Å². The van der Waals surface area contributed by atoms with E-state index < -0.39 is 0 Å². The quantitative estimate of drug-likeness (QED) is 0.670. The number of hydrogen-bond acceptors (Lipinski definition) is 5. The second kappa shape index (κ2) is 8.11. The SMILES string of the molecule is CCc1c(C(=O)NCC(=O)NCc2ccco2)cnn1-c1ccccn1. The van der Waals surface area contributed by atoms with Crippen molar-refractivity contribution >= 4 is 11.8 Å². The molecule has 0 aliphatic carbocycles. The minimum Gasteiger partial charge on any atom is -0.467 e. The van der Waals surface area contributed by atoms with Gasteiger partial charge in [0.05, 0.1) is 36.8 Å². The van der Waals surface area contributed by atoms with Gasteiger partial charge in [0.25, 0.3) is 5.91 Å². The topological polar surface area (TPSA) is 102 Å².